The van der Waals surface area contributed by atoms with Gasteiger partial charge in [0.05, 0.1) is 39.0 Å². The molecule has 0 aromatic heterocycles. The van der Waals surface area contributed by atoms with Gasteiger partial charge in [0.25, 0.3) is 0 Å². The molecule has 30 heavy (non-hydrogen) atoms. The van der Waals surface area contributed by atoms with Crippen LogP contribution in [-0.2, 0) is 32.3 Å². The van der Waals surface area contributed by atoms with Crippen molar-refractivity contribution >= 4 is 5.91 Å². The van der Waals surface area contributed by atoms with E-state index in [0.717, 1.165) is 31.4 Å². The second-order valence-electron chi connectivity index (χ2n) is 6.71. The zero-order valence-electron chi connectivity index (χ0n) is 17.2. The second kappa shape index (κ2) is 11.5. The van der Waals surface area contributed by atoms with E-state index < -0.39 is 23.9 Å². The smallest absolute Gasteiger partial charge is 0.335 e. The molecule has 0 aliphatic heterocycles. The van der Waals surface area contributed by atoms with E-state index in [4.69, 9.17) is 9.47 Å². The summed E-state index contributed by atoms with van der Waals surface area (Å²) in [4.78, 5) is 16.8. The number of nitrogens with zero attached hydrogens (tertiary/aromatic N) is 1. The van der Waals surface area contributed by atoms with Gasteiger partial charge in [-0.2, -0.15) is 8.78 Å². The fourth-order valence-electron chi connectivity index (χ4n) is 2.87. The molecule has 5 nitrogen and oxygen atoms in total. The van der Waals surface area contributed by atoms with Crippen molar-refractivity contribution < 1.29 is 27.9 Å². The summed E-state index contributed by atoms with van der Waals surface area (Å²) in [5.41, 5.74) is 1.72. The van der Waals surface area contributed by atoms with E-state index in [1.54, 1.807) is 0 Å². The van der Waals surface area contributed by atoms with Crippen molar-refractivity contribution in [3.05, 3.63) is 84.4 Å². The third-order valence-electron chi connectivity index (χ3n) is 4.62. The van der Waals surface area contributed by atoms with Crippen LogP contribution in [0.15, 0.2) is 73.3 Å². The number of benzene rings is 2. The number of halogens is 2. The highest BCUT2D eigenvalue weighted by atomic mass is 19.3. The van der Waals surface area contributed by atoms with E-state index in [1.807, 2.05) is 60.7 Å². The fourth-order valence-corrected chi connectivity index (χ4v) is 2.87. The molecule has 0 unspecified atom stereocenters. The van der Waals surface area contributed by atoms with Crippen LogP contribution in [0.1, 0.15) is 11.1 Å². The van der Waals surface area contributed by atoms with Crippen molar-refractivity contribution in [2.75, 3.05) is 20.8 Å². The summed E-state index contributed by atoms with van der Waals surface area (Å²) in [6, 6.07) is 18.5. The quantitative estimate of drug-likeness (QED) is 0.381. The molecule has 2 rings (SSSR count). The number of alkyl halides is 2. The van der Waals surface area contributed by atoms with Crippen LogP contribution < -0.4 is 0 Å². The summed E-state index contributed by atoms with van der Waals surface area (Å²) in [6.45, 7) is 3.69. The van der Waals surface area contributed by atoms with Crippen molar-refractivity contribution in [3.63, 3.8) is 0 Å². The van der Waals surface area contributed by atoms with Crippen LogP contribution in [0.5, 0.6) is 0 Å². The molecule has 0 aliphatic rings. The first-order valence-corrected chi connectivity index (χ1v) is 9.50. The molecular formula is C23H27F2NO4. The van der Waals surface area contributed by atoms with E-state index in [9.17, 15) is 13.6 Å². The highest BCUT2D eigenvalue weighted by Crippen LogP contribution is 2.32. The molecule has 0 spiro atoms. The standard InChI is InChI=1S/C23H27F2NO4/c1-4-20(23(24,25)22(27)26(2)28-3)21(30-16-19-13-9-6-10-14-19)17-29-15-18-11-7-5-8-12-18/h4-14,20-21H,1,15-17H2,2-3H3/t20-,21+/m0/s1. The Morgan fingerprint density at radius 2 is 1.60 bits per heavy atom. The molecule has 0 saturated heterocycles. The number of carbonyl (C=O) groups is 1. The molecule has 162 valence electrons. The molecule has 0 saturated carbocycles. The van der Waals surface area contributed by atoms with Crippen LogP contribution >= 0.6 is 0 Å². The van der Waals surface area contributed by atoms with E-state index in [-0.39, 0.29) is 19.8 Å². The minimum atomic E-state index is -3.79. The minimum Gasteiger partial charge on any atom is -0.374 e. The molecular weight excluding hydrogens is 392 g/mol. The SMILES string of the molecule is C=C[C@@H]([C@@H](COCc1ccccc1)OCc1ccccc1)C(F)(F)C(=O)N(C)OC. The number of rotatable bonds is 12. The normalized spacial score (nSPS) is 13.5. The van der Waals surface area contributed by atoms with Crippen molar-refractivity contribution in [1.82, 2.24) is 5.06 Å². The van der Waals surface area contributed by atoms with Crippen LogP contribution in [0.25, 0.3) is 0 Å². The van der Waals surface area contributed by atoms with Gasteiger partial charge in [-0.25, -0.2) is 5.06 Å². The third kappa shape index (κ3) is 6.45. The largest absolute Gasteiger partial charge is 0.374 e. The summed E-state index contributed by atoms with van der Waals surface area (Å²) in [5, 5.41) is 0.496. The molecule has 1 amide bonds. The van der Waals surface area contributed by atoms with Crippen LogP contribution in [0.2, 0.25) is 0 Å². The monoisotopic (exact) mass is 419 g/mol. The Kier molecular flexibility index (Phi) is 9.11. The van der Waals surface area contributed by atoms with Crippen molar-refractivity contribution in [2.24, 2.45) is 5.92 Å². The molecule has 7 heteroatoms. The zero-order chi connectivity index (χ0) is 22.0. The summed E-state index contributed by atoms with van der Waals surface area (Å²) in [5.74, 6) is -6.88. The van der Waals surface area contributed by atoms with Gasteiger partial charge in [-0.1, -0.05) is 66.7 Å². The number of hydrogen-bond acceptors (Lipinski definition) is 4. The molecule has 0 fully saturated rings. The molecule has 0 heterocycles. The lowest BCUT2D eigenvalue weighted by molar-refractivity contribution is -0.207. The first-order chi connectivity index (χ1) is 14.4. The lowest BCUT2D eigenvalue weighted by Gasteiger charge is -2.32. The molecule has 0 aliphatic carbocycles. The van der Waals surface area contributed by atoms with Gasteiger partial charge in [-0.05, 0) is 11.1 Å². The molecule has 0 radical (unpaired) electrons. The number of carbonyl (C=O) groups excluding carboxylic acids is 1. The second-order valence-corrected chi connectivity index (χ2v) is 6.71. The highest BCUT2D eigenvalue weighted by Gasteiger charge is 2.51. The van der Waals surface area contributed by atoms with Crippen LogP contribution in [0.3, 0.4) is 0 Å². The number of hydroxylamine groups is 2. The van der Waals surface area contributed by atoms with Gasteiger partial charge in [-0.3, -0.25) is 9.63 Å². The Bertz CT molecular complexity index is 786. The first kappa shape index (κ1) is 23.7. The first-order valence-electron chi connectivity index (χ1n) is 9.50. The molecule has 0 N–H and O–H groups in total. The van der Waals surface area contributed by atoms with Gasteiger partial charge in [0.2, 0.25) is 0 Å². The Hall–Kier alpha value is -2.61. The van der Waals surface area contributed by atoms with E-state index in [1.165, 1.54) is 0 Å². The topological polar surface area (TPSA) is 48.0 Å². The summed E-state index contributed by atoms with van der Waals surface area (Å²) < 4.78 is 41.4. The maximum absolute atomic E-state index is 15.0. The van der Waals surface area contributed by atoms with Crippen molar-refractivity contribution in [1.29, 1.82) is 0 Å². The van der Waals surface area contributed by atoms with Crippen LogP contribution in [0.4, 0.5) is 8.78 Å². The Morgan fingerprint density at radius 1 is 1.07 bits per heavy atom. The average Bonchev–Trinajstić information content (AvgIpc) is 2.77. The van der Waals surface area contributed by atoms with Gasteiger partial charge in [0, 0.05) is 7.05 Å². The van der Waals surface area contributed by atoms with Gasteiger partial charge in [0.15, 0.2) is 0 Å². The maximum atomic E-state index is 15.0. The van der Waals surface area contributed by atoms with E-state index in [0.29, 0.717) is 5.06 Å². The highest BCUT2D eigenvalue weighted by molar-refractivity contribution is 5.83. The number of amides is 1. The number of ether oxygens (including phenoxy) is 2. The third-order valence-corrected chi connectivity index (χ3v) is 4.62. The van der Waals surface area contributed by atoms with E-state index in [2.05, 4.69) is 11.4 Å². The van der Waals surface area contributed by atoms with Gasteiger partial charge >= 0.3 is 11.8 Å². The maximum Gasteiger partial charge on any atom is 0.335 e. The van der Waals surface area contributed by atoms with Gasteiger partial charge < -0.3 is 9.47 Å². The molecule has 0 bridgehead atoms. The Balaban J connectivity index is 2.15. The summed E-state index contributed by atoms with van der Waals surface area (Å²) in [7, 11) is 2.27. The van der Waals surface area contributed by atoms with Crippen LogP contribution in [0, 0.1) is 5.92 Å². The Morgan fingerprint density at radius 3 is 2.10 bits per heavy atom. The van der Waals surface area contributed by atoms with Crippen molar-refractivity contribution in [2.45, 2.75) is 25.2 Å². The zero-order valence-corrected chi connectivity index (χ0v) is 17.2. The lowest BCUT2D eigenvalue weighted by atomic mass is 9.94. The predicted molar refractivity (Wildman–Crippen MR) is 110 cm³/mol. The van der Waals surface area contributed by atoms with Crippen molar-refractivity contribution in [3.8, 4) is 0 Å². The molecule has 2 aromatic carbocycles. The number of hydrogen-bond donors (Lipinski definition) is 0. The Labute approximate surface area is 175 Å². The molecule has 2 atom stereocenters. The predicted octanol–water partition coefficient (Wildman–Crippen LogP) is 4.25. The van der Waals surface area contributed by atoms with Gasteiger partial charge in [-0.15, -0.1) is 6.58 Å². The van der Waals surface area contributed by atoms with Crippen LogP contribution in [-0.4, -0.2) is 43.8 Å². The average molecular weight is 419 g/mol. The summed E-state index contributed by atoms with van der Waals surface area (Å²) >= 11 is 0. The van der Waals surface area contributed by atoms with Gasteiger partial charge in [0.1, 0.15) is 0 Å². The fraction of sp³-hybridized carbons (Fsp3) is 0.348. The minimum absolute atomic E-state index is 0.0922. The summed E-state index contributed by atoms with van der Waals surface area (Å²) in [6.07, 6.45) is -0.0706. The van der Waals surface area contributed by atoms with E-state index >= 15 is 0 Å². The molecule has 2 aromatic rings. The lowest BCUT2D eigenvalue weighted by Crippen LogP contribution is -2.50.